The lowest BCUT2D eigenvalue weighted by atomic mass is 9.72. The molecule has 1 spiro atoms. The van der Waals surface area contributed by atoms with E-state index in [1.165, 1.54) is 6.42 Å². The molecule has 30 heavy (non-hydrogen) atoms. The van der Waals surface area contributed by atoms with E-state index in [2.05, 4.69) is 10.3 Å². The first-order valence-corrected chi connectivity index (χ1v) is 10.7. The fourth-order valence-electron chi connectivity index (χ4n) is 5.02. The van der Waals surface area contributed by atoms with E-state index in [0.717, 1.165) is 31.1 Å². The molecule has 0 radical (unpaired) electrons. The number of fused-ring (bicyclic) bond motifs is 1. The highest BCUT2D eigenvalue weighted by Gasteiger charge is 2.49. The average Bonchev–Trinajstić information content (AvgIpc) is 3.36. The number of aromatic nitrogens is 1. The van der Waals surface area contributed by atoms with Crippen molar-refractivity contribution in [1.82, 2.24) is 15.2 Å². The standard InChI is InChI=1S/C22H25ClN4O3/c1-30-18-6-5-15(23)19-14(18)11-16(26-19)21(29)27-13-22(7-3-2-4-8-22)12-17(27)20(28)25-10-9-24/h5-6,11,17,26H,2-4,7-8,10,12-13H2,1H3,(H,25,28). The predicted molar refractivity (Wildman–Crippen MR) is 113 cm³/mol. The Kier molecular flexibility index (Phi) is 5.61. The molecular weight excluding hydrogens is 404 g/mol. The first-order chi connectivity index (χ1) is 14.5. The number of nitrogens with zero attached hydrogens (tertiary/aromatic N) is 2. The van der Waals surface area contributed by atoms with E-state index in [4.69, 9.17) is 21.6 Å². The number of rotatable bonds is 4. The molecule has 2 aromatic rings. The van der Waals surface area contributed by atoms with E-state index in [-0.39, 0.29) is 23.8 Å². The Hall–Kier alpha value is -2.72. The second-order valence-electron chi connectivity index (χ2n) is 8.31. The molecular formula is C22H25ClN4O3. The molecule has 1 aliphatic carbocycles. The number of ether oxygens (including phenoxy) is 1. The number of likely N-dealkylation sites (tertiary alicyclic amines) is 1. The molecule has 158 valence electrons. The summed E-state index contributed by atoms with van der Waals surface area (Å²) in [5.41, 5.74) is 0.989. The zero-order chi connectivity index (χ0) is 21.3. The van der Waals surface area contributed by atoms with Gasteiger partial charge in [-0.25, -0.2) is 0 Å². The first kappa shape index (κ1) is 20.5. The van der Waals surface area contributed by atoms with Gasteiger partial charge in [0, 0.05) is 11.9 Å². The van der Waals surface area contributed by atoms with Gasteiger partial charge in [0.1, 0.15) is 24.0 Å². The van der Waals surface area contributed by atoms with Gasteiger partial charge in [0.15, 0.2) is 0 Å². The minimum absolute atomic E-state index is 0.0239. The maximum atomic E-state index is 13.5. The molecule has 2 heterocycles. The van der Waals surface area contributed by atoms with E-state index in [0.29, 0.717) is 34.9 Å². The lowest BCUT2D eigenvalue weighted by Gasteiger charge is -2.32. The van der Waals surface area contributed by atoms with Crippen molar-refractivity contribution in [2.75, 3.05) is 20.2 Å². The van der Waals surface area contributed by atoms with Crippen LogP contribution in [0.15, 0.2) is 18.2 Å². The van der Waals surface area contributed by atoms with Crippen LogP contribution in [-0.2, 0) is 4.79 Å². The average molecular weight is 429 g/mol. The number of methoxy groups -OCH3 is 1. The van der Waals surface area contributed by atoms with Crippen LogP contribution in [0.4, 0.5) is 0 Å². The van der Waals surface area contributed by atoms with Crippen molar-refractivity contribution in [3.05, 3.63) is 28.9 Å². The predicted octanol–water partition coefficient (Wildman–Crippen LogP) is 3.63. The number of carbonyl (C=O) groups excluding carboxylic acids is 2. The van der Waals surface area contributed by atoms with Crippen molar-refractivity contribution in [3.63, 3.8) is 0 Å². The summed E-state index contributed by atoms with van der Waals surface area (Å²) in [6, 6.07) is 6.58. The number of hydrogen-bond acceptors (Lipinski definition) is 4. The highest BCUT2D eigenvalue weighted by molar-refractivity contribution is 6.35. The number of benzene rings is 1. The zero-order valence-corrected chi connectivity index (χ0v) is 17.7. The summed E-state index contributed by atoms with van der Waals surface area (Å²) in [5, 5.41) is 12.7. The number of carbonyl (C=O) groups is 2. The smallest absolute Gasteiger partial charge is 0.271 e. The van der Waals surface area contributed by atoms with Crippen molar-refractivity contribution >= 4 is 34.3 Å². The molecule has 1 aromatic heterocycles. The van der Waals surface area contributed by atoms with Crippen molar-refractivity contribution in [2.24, 2.45) is 5.41 Å². The Bertz CT molecular complexity index is 1020. The van der Waals surface area contributed by atoms with Crippen LogP contribution in [0.3, 0.4) is 0 Å². The van der Waals surface area contributed by atoms with Crippen molar-refractivity contribution < 1.29 is 14.3 Å². The van der Waals surface area contributed by atoms with Gasteiger partial charge in [0.05, 0.1) is 23.7 Å². The molecule has 1 atom stereocenters. The van der Waals surface area contributed by atoms with Gasteiger partial charge in [0.2, 0.25) is 5.91 Å². The minimum Gasteiger partial charge on any atom is -0.496 e. The molecule has 4 rings (SSSR count). The Morgan fingerprint density at radius 3 is 2.83 bits per heavy atom. The molecule has 7 nitrogen and oxygen atoms in total. The summed E-state index contributed by atoms with van der Waals surface area (Å²) in [7, 11) is 1.57. The van der Waals surface area contributed by atoms with E-state index >= 15 is 0 Å². The zero-order valence-electron chi connectivity index (χ0n) is 17.0. The third-order valence-corrected chi connectivity index (χ3v) is 6.80. The van der Waals surface area contributed by atoms with Crippen LogP contribution in [-0.4, -0.2) is 47.9 Å². The molecule has 0 bridgehead atoms. The van der Waals surface area contributed by atoms with Crippen molar-refractivity contribution in [1.29, 1.82) is 5.26 Å². The third kappa shape index (κ3) is 3.61. The van der Waals surface area contributed by atoms with Crippen LogP contribution >= 0.6 is 11.6 Å². The van der Waals surface area contributed by atoms with Crippen LogP contribution in [0.2, 0.25) is 5.02 Å². The van der Waals surface area contributed by atoms with Gasteiger partial charge in [-0.3, -0.25) is 9.59 Å². The highest BCUT2D eigenvalue weighted by Crippen LogP contribution is 2.46. The Labute approximate surface area is 180 Å². The van der Waals surface area contributed by atoms with Gasteiger partial charge in [-0.05, 0) is 42.9 Å². The molecule has 8 heteroatoms. The summed E-state index contributed by atoms with van der Waals surface area (Å²) < 4.78 is 5.40. The number of halogens is 1. The van der Waals surface area contributed by atoms with Crippen molar-refractivity contribution in [3.8, 4) is 11.8 Å². The van der Waals surface area contributed by atoms with Crippen LogP contribution in [0.1, 0.15) is 49.0 Å². The Morgan fingerprint density at radius 1 is 1.37 bits per heavy atom. The maximum absolute atomic E-state index is 13.5. The summed E-state index contributed by atoms with van der Waals surface area (Å²) in [6.07, 6.45) is 6.11. The summed E-state index contributed by atoms with van der Waals surface area (Å²) >= 11 is 6.31. The molecule has 1 aromatic carbocycles. The minimum atomic E-state index is -0.576. The molecule has 2 amide bonds. The first-order valence-electron chi connectivity index (χ1n) is 10.3. The van der Waals surface area contributed by atoms with Gasteiger partial charge >= 0.3 is 0 Å². The van der Waals surface area contributed by atoms with Crippen LogP contribution < -0.4 is 10.1 Å². The van der Waals surface area contributed by atoms with E-state index in [9.17, 15) is 9.59 Å². The van der Waals surface area contributed by atoms with E-state index in [1.807, 2.05) is 6.07 Å². The molecule has 1 saturated heterocycles. The number of H-pyrrole nitrogens is 1. The second kappa shape index (κ2) is 8.19. The molecule has 2 fully saturated rings. The lowest BCUT2D eigenvalue weighted by Crippen LogP contribution is -2.46. The second-order valence-corrected chi connectivity index (χ2v) is 8.72. The number of amides is 2. The molecule has 1 saturated carbocycles. The van der Waals surface area contributed by atoms with Crippen LogP contribution in [0, 0.1) is 16.7 Å². The third-order valence-electron chi connectivity index (χ3n) is 6.48. The summed E-state index contributed by atoms with van der Waals surface area (Å²) in [6.45, 7) is 0.486. The van der Waals surface area contributed by atoms with Crippen LogP contribution in [0.5, 0.6) is 5.75 Å². The molecule has 2 aliphatic rings. The number of hydrogen-bond donors (Lipinski definition) is 2. The van der Waals surface area contributed by atoms with Gasteiger partial charge in [-0.1, -0.05) is 30.9 Å². The lowest BCUT2D eigenvalue weighted by molar-refractivity contribution is -0.124. The number of nitrogens with one attached hydrogen (secondary N) is 2. The van der Waals surface area contributed by atoms with Crippen LogP contribution in [0.25, 0.3) is 10.9 Å². The monoisotopic (exact) mass is 428 g/mol. The molecule has 1 aliphatic heterocycles. The number of aromatic amines is 1. The Morgan fingerprint density at radius 2 is 2.13 bits per heavy atom. The summed E-state index contributed by atoms with van der Waals surface area (Å²) in [4.78, 5) is 31.1. The van der Waals surface area contributed by atoms with Gasteiger partial charge < -0.3 is 19.9 Å². The van der Waals surface area contributed by atoms with E-state index in [1.54, 1.807) is 30.2 Å². The van der Waals surface area contributed by atoms with Gasteiger partial charge in [0.25, 0.3) is 5.91 Å². The quantitative estimate of drug-likeness (QED) is 0.726. The SMILES string of the molecule is COc1ccc(Cl)c2[nH]c(C(=O)N3CC4(CCCCC4)CC3C(=O)NCC#N)cc12. The fraction of sp³-hybridized carbons (Fsp3) is 0.500. The highest BCUT2D eigenvalue weighted by atomic mass is 35.5. The topological polar surface area (TPSA) is 98.2 Å². The largest absolute Gasteiger partial charge is 0.496 e. The van der Waals surface area contributed by atoms with Gasteiger partial charge in [-0.15, -0.1) is 0 Å². The number of nitriles is 1. The van der Waals surface area contributed by atoms with E-state index < -0.39 is 6.04 Å². The molecule has 1 unspecified atom stereocenters. The Balaban J connectivity index is 1.68. The normalized spacial score (nSPS) is 20.3. The maximum Gasteiger partial charge on any atom is 0.271 e. The summed E-state index contributed by atoms with van der Waals surface area (Å²) in [5.74, 6) is 0.126. The van der Waals surface area contributed by atoms with Gasteiger partial charge in [-0.2, -0.15) is 5.26 Å². The van der Waals surface area contributed by atoms with Crippen molar-refractivity contribution in [2.45, 2.75) is 44.6 Å². The fourth-order valence-corrected chi connectivity index (χ4v) is 5.23. The molecule has 2 N–H and O–H groups in total.